The van der Waals surface area contributed by atoms with Gasteiger partial charge in [0.1, 0.15) is 11.9 Å². The first kappa shape index (κ1) is 27.1. The van der Waals surface area contributed by atoms with E-state index in [4.69, 9.17) is 4.74 Å². The number of pyridine rings is 1. The van der Waals surface area contributed by atoms with Gasteiger partial charge in [-0.15, -0.1) is 0 Å². The topological polar surface area (TPSA) is 57.6 Å². The molecule has 4 rings (SSSR count). The molecular weight excluding hydrogens is 486 g/mol. The second-order valence-electron chi connectivity index (χ2n) is 9.92. The number of aliphatic hydroxyl groups is 1. The van der Waals surface area contributed by atoms with Gasteiger partial charge in [0, 0.05) is 49.1 Å². The predicted molar refractivity (Wildman–Crippen MR) is 136 cm³/mol. The maximum Gasteiger partial charge on any atom is 0.194 e. The van der Waals surface area contributed by atoms with Gasteiger partial charge in [-0.1, -0.05) is 0 Å². The van der Waals surface area contributed by atoms with E-state index >= 15 is 4.39 Å². The fraction of sp³-hybridized carbons (Fsp3) is 0.464. The van der Waals surface area contributed by atoms with Crippen LogP contribution in [0.15, 0.2) is 36.5 Å². The van der Waals surface area contributed by atoms with E-state index in [0.29, 0.717) is 42.8 Å². The summed E-state index contributed by atoms with van der Waals surface area (Å²) in [6.07, 6.45) is 2.79. The monoisotopic (exact) mass is 519 g/mol. The summed E-state index contributed by atoms with van der Waals surface area (Å²) < 4.78 is 60.9. The number of rotatable bonds is 10. The van der Waals surface area contributed by atoms with Crippen LogP contribution < -0.4 is 10.1 Å². The zero-order valence-electron chi connectivity index (χ0n) is 21.2. The van der Waals surface area contributed by atoms with E-state index in [1.54, 1.807) is 13.3 Å². The van der Waals surface area contributed by atoms with Gasteiger partial charge in [-0.3, -0.25) is 4.98 Å². The zero-order chi connectivity index (χ0) is 26.6. The van der Waals surface area contributed by atoms with Crippen LogP contribution in [0.1, 0.15) is 43.0 Å². The minimum Gasteiger partial charge on any atom is -0.497 e. The summed E-state index contributed by atoms with van der Waals surface area (Å²) in [5.74, 6) is -3.29. The molecule has 2 heterocycles. The van der Waals surface area contributed by atoms with Crippen molar-refractivity contribution in [3.63, 3.8) is 0 Å². The minimum atomic E-state index is -1.48. The lowest BCUT2D eigenvalue weighted by Gasteiger charge is -2.41. The third kappa shape index (κ3) is 6.15. The molecule has 1 aliphatic heterocycles. The van der Waals surface area contributed by atoms with Crippen LogP contribution in [-0.4, -0.2) is 54.9 Å². The lowest BCUT2D eigenvalue weighted by Crippen LogP contribution is -2.43. The van der Waals surface area contributed by atoms with E-state index in [0.717, 1.165) is 49.0 Å². The molecule has 1 aromatic heterocycles. The molecule has 0 bridgehead atoms. The first-order chi connectivity index (χ1) is 17.7. The average Bonchev–Trinajstić information content (AvgIpc) is 2.90. The Hall–Kier alpha value is -2.91. The van der Waals surface area contributed by atoms with Crippen molar-refractivity contribution in [2.24, 2.45) is 5.41 Å². The van der Waals surface area contributed by atoms with Gasteiger partial charge in [-0.05, 0) is 80.4 Å². The number of nitrogens with one attached hydrogen (secondary N) is 1. The Bertz CT molecular complexity index is 1210. The number of aryl methyl sites for hydroxylation is 1. The zero-order valence-corrected chi connectivity index (χ0v) is 21.2. The molecule has 2 N–H and O–H groups in total. The normalized spacial score (nSPS) is 16.6. The molecule has 0 saturated carbocycles. The number of alkyl halides is 1. The number of piperidine rings is 1. The number of aliphatic hydroxyl groups excluding tert-OH is 1. The maximum absolute atomic E-state index is 15.7. The smallest absolute Gasteiger partial charge is 0.194 e. The highest BCUT2D eigenvalue weighted by Crippen LogP contribution is 2.40. The summed E-state index contributed by atoms with van der Waals surface area (Å²) in [4.78, 5) is 6.61. The molecule has 5 nitrogen and oxygen atoms in total. The van der Waals surface area contributed by atoms with Gasteiger partial charge in [0.05, 0.1) is 12.6 Å². The molecule has 3 aromatic rings. The third-order valence-electron chi connectivity index (χ3n) is 7.55. The number of nitrogens with zero attached hydrogens (tertiary/aromatic N) is 2. The minimum absolute atomic E-state index is 0.0101. The summed E-state index contributed by atoms with van der Waals surface area (Å²) in [5.41, 5.74) is 1.95. The first-order valence-corrected chi connectivity index (χ1v) is 12.5. The van der Waals surface area contributed by atoms with Crippen molar-refractivity contribution in [3.05, 3.63) is 65.1 Å². The van der Waals surface area contributed by atoms with Crippen molar-refractivity contribution in [2.45, 2.75) is 38.8 Å². The lowest BCUT2D eigenvalue weighted by molar-refractivity contribution is 0.0315. The number of likely N-dealkylation sites (tertiary alicyclic amines) is 1. The van der Waals surface area contributed by atoms with Crippen molar-refractivity contribution in [1.82, 2.24) is 9.88 Å². The van der Waals surface area contributed by atoms with Gasteiger partial charge < -0.3 is 20.1 Å². The number of benzene rings is 2. The van der Waals surface area contributed by atoms with Crippen molar-refractivity contribution in [3.8, 4) is 5.75 Å². The van der Waals surface area contributed by atoms with E-state index < -0.39 is 23.6 Å². The number of hydrogen-bond donors (Lipinski definition) is 2. The molecule has 200 valence electrons. The highest BCUT2D eigenvalue weighted by atomic mass is 19.2. The fourth-order valence-electron chi connectivity index (χ4n) is 5.17. The molecule has 1 fully saturated rings. The quantitative estimate of drug-likeness (QED) is 0.256. The van der Waals surface area contributed by atoms with Crippen LogP contribution in [0.2, 0.25) is 0 Å². The van der Waals surface area contributed by atoms with Crippen LogP contribution in [-0.2, 0) is 0 Å². The van der Waals surface area contributed by atoms with Gasteiger partial charge in [0.2, 0.25) is 0 Å². The van der Waals surface area contributed by atoms with Crippen LogP contribution in [0.3, 0.4) is 0 Å². The van der Waals surface area contributed by atoms with Gasteiger partial charge in [0.25, 0.3) is 0 Å². The Kier molecular flexibility index (Phi) is 8.54. The van der Waals surface area contributed by atoms with Crippen LogP contribution in [0.25, 0.3) is 10.9 Å². The van der Waals surface area contributed by atoms with Gasteiger partial charge in [-0.2, -0.15) is 0 Å². The Morgan fingerprint density at radius 2 is 1.84 bits per heavy atom. The van der Waals surface area contributed by atoms with E-state index in [1.165, 1.54) is 0 Å². The number of anilines is 1. The number of halogens is 4. The Balaban J connectivity index is 1.32. The molecular formula is C28H33F4N3O2. The molecule has 1 saturated heterocycles. The van der Waals surface area contributed by atoms with Gasteiger partial charge >= 0.3 is 0 Å². The number of hydrogen-bond acceptors (Lipinski definition) is 5. The summed E-state index contributed by atoms with van der Waals surface area (Å²) in [6.45, 7) is 4.35. The van der Waals surface area contributed by atoms with Crippen LogP contribution in [0, 0.1) is 29.8 Å². The number of methoxy groups -OCH3 is 1. The van der Waals surface area contributed by atoms with E-state index in [2.05, 4.69) is 15.2 Å². The standard InChI is InChI=1S/C28H33F4N3O2/c1-18-16-34-25-4-3-20(37-2)15-21(25)26(18)22(29)5-6-28(17-36)7-10-35(11-8-28)12-9-33-19-13-23(30)27(32)24(31)14-19/h3-4,13-16,22,33,36H,5-12,17H2,1-2H3/t22-/m1/s1. The molecule has 37 heavy (non-hydrogen) atoms. The van der Waals surface area contributed by atoms with E-state index in [-0.39, 0.29) is 17.7 Å². The Morgan fingerprint density at radius 1 is 1.14 bits per heavy atom. The molecule has 1 atom stereocenters. The number of fused-ring (bicyclic) bond motifs is 1. The SMILES string of the molecule is COc1ccc2ncc(C)c([C@H](F)CCC3(CO)CCN(CCNc4cc(F)c(F)c(F)c4)CC3)c2c1. The highest BCUT2D eigenvalue weighted by molar-refractivity contribution is 5.84. The van der Waals surface area contributed by atoms with Crippen LogP contribution in [0.4, 0.5) is 23.2 Å². The third-order valence-corrected chi connectivity index (χ3v) is 7.55. The fourth-order valence-corrected chi connectivity index (χ4v) is 5.17. The molecule has 0 unspecified atom stereocenters. The molecule has 9 heteroatoms. The summed E-state index contributed by atoms with van der Waals surface area (Å²) in [7, 11) is 1.58. The predicted octanol–water partition coefficient (Wildman–Crippen LogP) is 5.95. The van der Waals surface area contributed by atoms with E-state index in [1.807, 2.05) is 25.1 Å². The molecule has 1 aliphatic rings. The molecule has 0 spiro atoms. The number of aromatic nitrogens is 1. The first-order valence-electron chi connectivity index (χ1n) is 12.5. The highest BCUT2D eigenvalue weighted by Gasteiger charge is 2.35. The van der Waals surface area contributed by atoms with Crippen LogP contribution in [0.5, 0.6) is 5.75 Å². The summed E-state index contributed by atoms with van der Waals surface area (Å²) in [5, 5.41) is 13.9. The van der Waals surface area contributed by atoms with Crippen molar-refractivity contribution >= 4 is 16.6 Å². The summed E-state index contributed by atoms with van der Waals surface area (Å²) in [6, 6.07) is 7.32. The second-order valence-corrected chi connectivity index (χ2v) is 9.92. The lowest BCUT2D eigenvalue weighted by atomic mass is 9.74. The average molecular weight is 520 g/mol. The largest absolute Gasteiger partial charge is 0.497 e. The van der Waals surface area contributed by atoms with Crippen molar-refractivity contribution in [2.75, 3.05) is 45.2 Å². The van der Waals surface area contributed by atoms with Crippen molar-refractivity contribution in [1.29, 1.82) is 0 Å². The molecule has 2 aromatic carbocycles. The summed E-state index contributed by atoms with van der Waals surface area (Å²) >= 11 is 0. The van der Waals surface area contributed by atoms with E-state index in [9.17, 15) is 18.3 Å². The molecule has 0 amide bonds. The van der Waals surface area contributed by atoms with Gasteiger partial charge in [0.15, 0.2) is 17.5 Å². The Morgan fingerprint density at radius 3 is 2.49 bits per heavy atom. The maximum atomic E-state index is 15.7. The molecule has 0 aliphatic carbocycles. The second kappa shape index (κ2) is 11.6. The number of ether oxygens (including phenoxy) is 1. The Labute approximate surface area is 214 Å². The van der Waals surface area contributed by atoms with Crippen molar-refractivity contribution < 1.29 is 27.4 Å². The molecule has 0 radical (unpaired) electrons. The van der Waals surface area contributed by atoms with Crippen LogP contribution >= 0.6 is 0 Å². The van der Waals surface area contributed by atoms with Gasteiger partial charge in [-0.25, -0.2) is 17.6 Å².